The average Bonchev–Trinajstić information content (AvgIpc) is 2.76. The molecule has 0 saturated heterocycles. The number of nitro benzene ring substituents is 1. The summed E-state index contributed by atoms with van der Waals surface area (Å²) in [5.41, 5.74) is 1.60. The van der Waals surface area contributed by atoms with Crippen LogP contribution >= 0.6 is 0 Å². The number of carbonyl (C=O) groups is 2. The number of rotatable bonds is 6. The second kappa shape index (κ2) is 9.38. The largest absolute Gasteiger partial charge is 0.325 e. The lowest BCUT2D eigenvalue weighted by Gasteiger charge is -2.28. The highest BCUT2D eigenvalue weighted by Crippen LogP contribution is 2.32. The summed E-state index contributed by atoms with van der Waals surface area (Å²) in [6.45, 7) is 3.63. The van der Waals surface area contributed by atoms with Crippen LogP contribution in [0.3, 0.4) is 0 Å². The van der Waals surface area contributed by atoms with E-state index >= 15 is 0 Å². The maximum atomic E-state index is 14.3. The van der Waals surface area contributed by atoms with Crippen LogP contribution in [0.4, 0.5) is 15.8 Å². The van der Waals surface area contributed by atoms with Crippen LogP contribution in [0.15, 0.2) is 66.7 Å². The summed E-state index contributed by atoms with van der Waals surface area (Å²) in [6, 6.07) is 15.2. The molecule has 164 valence electrons. The summed E-state index contributed by atoms with van der Waals surface area (Å²) in [4.78, 5) is 38.6. The third kappa shape index (κ3) is 4.49. The molecule has 0 aromatic heterocycles. The van der Waals surface area contributed by atoms with E-state index in [1.165, 1.54) is 43.4 Å². The monoisotopic (exact) mass is 435 g/mol. The van der Waals surface area contributed by atoms with Crippen LogP contribution in [0.5, 0.6) is 0 Å². The molecule has 0 saturated carbocycles. The molecule has 0 aliphatic carbocycles. The fourth-order valence-corrected chi connectivity index (χ4v) is 3.56. The first-order valence-corrected chi connectivity index (χ1v) is 9.84. The van der Waals surface area contributed by atoms with Gasteiger partial charge in [0.1, 0.15) is 11.9 Å². The lowest BCUT2D eigenvalue weighted by atomic mass is 10.0. The van der Waals surface area contributed by atoms with Gasteiger partial charge < -0.3 is 10.2 Å². The number of nitro groups is 1. The molecule has 3 aromatic carbocycles. The Morgan fingerprint density at radius 3 is 2.19 bits per heavy atom. The summed E-state index contributed by atoms with van der Waals surface area (Å²) >= 11 is 0. The van der Waals surface area contributed by atoms with Crippen LogP contribution in [0, 0.1) is 29.8 Å². The molecule has 0 fully saturated rings. The van der Waals surface area contributed by atoms with Crippen LogP contribution < -0.4 is 5.32 Å². The zero-order chi connectivity index (χ0) is 23.4. The predicted molar refractivity (Wildman–Crippen MR) is 119 cm³/mol. The number of carbonyl (C=O) groups excluding carboxylic acids is 2. The molecule has 0 bridgehead atoms. The van der Waals surface area contributed by atoms with Crippen LogP contribution in [0.25, 0.3) is 0 Å². The number of likely N-dealkylation sites (N-methyl/N-ethyl adjacent to an activating group) is 1. The highest BCUT2D eigenvalue weighted by Gasteiger charge is 2.35. The van der Waals surface area contributed by atoms with Gasteiger partial charge in [0.15, 0.2) is 0 Å². The van der Waals surface area contributed by atoms with Crippen molar-refractivity contribution in [3.05, 3.63) is 105 Å². The van der Waals surface area contributed by atoms with Gasteiger partial charge in [0, 0.05) is 18.8 Å². The molecular weight excluding hydrogens is 413 g/mol. The average molecular weight is 435 g/mol. The van der Waals surface area contributed by atoms with Gasteiger partial charge in [-0.25, -0.2) is 4.39 Å². The van der Waals surface area contributed by atoms with Crippen molar-refractivity contribution in [1.29, 1.82) is 0 Å². The Balaban J connectivity index is 2.10. The number of aryl methyl sites for hydroxylation is 2. The second-order valence-electron chi connectivity index (χ2n) is 7.37. The normalized spacial score (nSPS) is 11.5. The predicted octanol–water partition coefficient (Wildman–Crippen LogP) is 4.80. The molecule has 3 rings (SSSR count). The first kappa shape index (κ1) is 22.6. The number of para-hydroxylation sites is 2. The van der Waals surface area contributed by atoms with E-state index in [9.17, 15) is 24.1 Å². The number of nitrogens with zero attached hydrogens (tertiary/aromatic N) is 2. The molecule has 0 radical (unpaired) electrons. The lowest BCUT2D eigenvalue weighted by molar-refractivity contribution is -0.385. The highest BCUT2D eigenvalue weighted by molar-refractivity contribution is 6.02. The Kier molecular flexibility index (Phi) is 6.63. The fourth-order valence-electron chi connectivity index (χ4n) is 3.56. The molecular formula is C24H22FN3O4. The molecule has 8 heteroatoms. The van der Waals surface area contributed by atoms with Crippen molar-refractivity contribution < 1.29 is 18.9 Å². The zero-order valence-electron chi connectivity index (χ0n) is 17.8. The van der Waals surface area contributed by atoms with Gasteiger partial charge in [0.05, 0.1) is 16.1 Å². The van der Waals surface area contributed by atoms with Crippen molar-refractivity contribution in [3.63, 3.8) is 0 Å². The van der Waals surface area contributed by atoms with Gasteiger partial charge in [-0.1, -0.05) is 42.5 Å². The van der Waals surface area contributed by atoms with E-state index in [0.29, 0.717) is 5.69 Å². The zero-order valence-corrected chi connectivity index (χ0v) is 17.8. The van der Waals surface area contributed by atoms with E-state index in [4.69, 9.17) is 0 Å². The molecule has 0 aliphatic heterocycles. The van der Waals surface area contributed by atoms with Crippen LogP contribution in [-0.4, -0.2) is 28.7 Å². The molecule has 1 N–H and O–H groups in total. The van der Waals surface area contributed by atoms with Crippen molar-refractivity contribution in [3.8, 4) is 0 Å². The molecule has 32 heavy (non-hydrogen) atoms. The summed E-state index contributed by atoms with van der Waals surface area (Å²) in [6.07, 6.45) is 0. The number of benzene rings is 3. The van der Waals surface area contributed by atoms with Gasteiger partial charge in [-0.3, -0.25) is 19.7 Å². The number of hydrogen-bond donors (Lipinski definition) is 1. The third-order valence-corrected chi connectivity index (χ3v) is 5.22. The number of amides is 2. The van der Waals surface area contributed by atoms with E-state index < -0.39 is 28.6 Å². The first-order valence-electron chi connectivity index (χ1n) is 9.84. The fraction of sp³-hybridized carbons (Fsp3) is 0.167. The van der Waals surface area contributed by atoms with Gasteiger partial charge in [-0.05, 0) is 43.2 Å². The minimum atomic E-state index is -1.37. The minimum absolute atomic E-state index is 0.0217. The van der Waals surface area contributed by atoms with Crippen molar-refractivity contribution >= 4 is 23.2 Å². The van der Waals surface area contributed by atoms with E-state index in [1.807, 2.05) is 32.0 Å². The SMILES string of the molecule is Cc1cccc(C)c1NC(=O)[C@H](c1ccccc1[N+](=O)[O-])N(C)C(=O)c1ccccc1F. The molecule has 0 unspecified atom stereocenters. The first-order chi connectivity index (χ1) is 15.2. The number of hydrogen-bond acceptors (Lipinski definition) is 4. The molecule has 0 heterocycles. The smallest absolute Gasteiger partial charge is 0.275 e. The van der Waals surface area contributed by atoms with Crippen LogP contribution in [0.1, 0.15) is 33.1 Å². The van der Waals surface area contributed by atoms with Crippen molar-refractivity contribution in [2.45, 2.75) is 19.9 Å². The van der Waals surface area contributed by atoms with Gasteiger partial charge in [-0.2, -0.15) is 0 Å². The van der Waals surface area contributed by atoms with E-state index in [2.05, 4.69) is 5.32 Å². The van der Waals surface area contributed by atoms with Gasteiger partial charge in [0.25, 0.3) is 17.5 Å². The van der Waals surface area contributed by atoms with Crippen LogP contribution in [0.2, 0.25) is 0 Å². The molecule has 7 nitrogen and oxygen atoms in total. The number of anilines is 1. The van der Waals surface area contributed by atoms with Gasteiger partial charge in [-0.15, -0.1) is 0 Å². The van der Waals surface area contributed by atoms with Crippen molar-refractivity contribution in [2.75, 3.05) is 12.4 Å². The molecule has 1 atom stereocenters. The van der Waals surface area contributed by atoms with E-state index in [0.717, 1.165) is 22.1 Å². The van der Waals surface area contributed by atoms with Gasteiger partial charge >= 0.3 is 0 Å². The molecule has 0 spiro atoms. The Morgan fingerprint density at radius 2 is 1.56 bits per heavy atom. The van der Waals surface area contributed by atoms with Crippen LogP contribution in [-0.2, 0) is 4.79 Å². The second-order valence-corrected chi connectivity index (χ2v) is 7.37. The Hall–Kier alpha value is -4.07. The third-order valence-electron chi connectivity index (χ3n) is 5.22. The molecule has 2 amide bonds. The maximum Gasteiger partial charge on any atom is 0.275 e. The Morgan fingerprint density at radius 1 is 0.969 bits per heavy atom. The Bertz CT molecular complexity index is 1180. The standard InChI is InChI=1S/C24H22FN3O4/c1-15-9-8-10-16(2)21(15)26-23(29)22(18-12-5-7-14-20(18)28(31)32)27(3)24(30)17-11-4-6-13-19(17)25/h4-14,22H,1-3H3,(H,26,29)/t22-/m0/s1. The highest BCUT2D eigenvalue weighted by atomic mass is 19.1. The van der Waals surface area contributed by atoms with Crippen molar-refractivity contribution in [1.82, 2.24) is 4.90 Å². The minimum Gasteiger partial charge on any atom is -0.325 e. The number of nitrogens with one attached hydrogen (secondary N) is 1. The molecule has 0 aliphatic rings. The summed E-state index contributed by atoms with van der Waals surface area (Å²) in [7, 11) is 1.32. The summed E-state index contributed by atoms with van der Waals surface area (Å²) < 4.78 is 14.3. The lowest BCUT2D eigenvalue weighted by Crippen LogP contribution is -2.39. The summed E-state index contributed by atoms with van der Waals surface area (Å²) in [5.74, 6) is -2.17. The van der Waals surface area contributed by atoms with E-state index in [1.54, 1.807) is 6.07 Å². The summed E-state index contributed by atoms with van der Waals surface area (Å²) in [5, 5.41) is 14.4. The number of halogens is 1. The van der Waals surface area contributed by atoms with Gasteiger partial charge in [0.2, 0.25) is 0 Å². The Labute approximate surface area is 184 Å². The topological polar surface area (TPSA) is 92.5 Å². The van der Waals surface area contributed by atoms with Crippen molar-refractivity contribution in [2.24, 2.45) is 0 Å². The maximum absolute atomic E-state index is 14.3. The van der Waals surface area contributed by atoms with E-state index in [-0.39, 0.29) is 16.8 Å². The quantitative estimate of drug-likeness (QED) is 0.445. The molecule has 3 aromatic rings.